The minimum Gasteiger partial charge on any atom is -0.497 e. The van der Waals surface area contributed by atoms with Crippen LogP contribution in [0.2, 0.25) is 0 Å². The number of carbonyl (C=O) groups excluding carboxylic acids is 3. The predicted octanol–water partition coefficient (Wildman–Crippen LogP) is 1.22. The van der Waals surface area contributed by atoms with E-state index in [1.165, 1.54) is 0 Å². The second-order valence-electron chi connectivity index (χ2n) is 7.94. The predicted molar refractivity (Wildman–Crippen MR) is 106 cm³/mol. The molecule has 3 aliphatic rings. The Bertz CT molecular complexity index is 823. The van der Waals surface area contributed by atoms with Crippen LogP contribution in [0.15, 0.2) is 24.3 Å². The van der Waals surface area contributed by atoms with Gasteiger partial charge in [0.1, 0.15) is 17.8 Å². The maximum atomic E-state index is 13.1. The van der Waals surface area contributed by atoms with E-state index < -0.39 is 23.8 Å². The van der Waals surface area contributed by atoms with E-state index in [1.807, 2.05) is 0 Å². The van der Waals surface area contributed by atoms with E-state index in [-0.39, 0.29) is 18.5 Å². The van der Waals surface area contributed by atoms with Gasteiger partial charge in [-0.15, -0.1) is 0 Å². The maximum absolute atomic E-state index is 13.1. The zero-order chi connectivity index (χ0) is 21.3. The second-order valence-corrected chi connectivity index (χ2v) is 7.94. The normalized spacial score (nSPS) is 27.5. The Labute approximate surface area is 175 Å². The Morgan fingerprint density at radius 3 is 2.57 bits per heavy atom. The van der Waals surface area contributed by atoms with Crippen LogP contribution in [0.4, 0.5) is 4.79 Å². The van der Waals surface area contributed by atoms with E-state index in [0.29, 0.717) is 31.1 Å². The van der Waals surface area contributed by atoms with Crippen LogP contribution in [0.5, 0.6) is 5.75 Å². The average molecular weight is 417 g/mol. The van der Waals surface area contributed by atoms with Gasteiger partial charge in [0.15, 0.2) is 6.29 Å². The van der Waals surface area contributed by atoms with Crippen LogP contribution in [-0.4, -0.2) is 73.4 Å². The van der Waals surface area contributed by atoms with Crippen molar-refractivity contribution in [1.29, 1.82) is 0 Å². The standard InChI is InChI=1S/C21H27N3O6/c1-21(14-6-8-15(28-2)9-7-14)19(26)24(20(27)22-21)13-17(25)23-10-4-3-5-16(23)18-29-11-12-30-18/h6-9,16,18H,3-5,10-13H2,1-2H3,(H,22,27). The fraction of sp³-hybridized carbons (Fsp3) is 0.571. The molecule has 3 saturated heterocycles. The fourth-order valence-corrected chi connectivity index (χ4v) is 4.34. The molecule has 4 rings (SSSR count). The molecule has 0 spiro atoms. The summed E-state index contributed by atoms with van der Waals surface area (Å²) in [7, 11) is 1.56. The number of rotatable bonds is 5. The van der Waals surface area contributed by atoms with E-state index in [0.717, 1.165) is 24.2 Å². The van der Waals surface area contributed by atoms with Gasteiger partial charge in [-0.1, -0.05) is 12.1 Å². The van der Waals surface area contributed by atoms with Crippen LogP contribution in [0.1, 0.15) is 31.7 Å². The van der Waals surface area contributed by atoms with Crippen LogP contribution in [0.25, 0.3) is 0 Å². The van der Waals surface area contributed by atoms with Gasteiger partial charge in [-0.05, 0) is 43.9 Å². The first-order chi connectivity index (χ1) is 14.4. The highest BCUT2D eigenvalue weighted by molar-refractivity contribution is 6.09. The van der Waals surface area contributed by atoms with Crippen molar-refractivity contribution in [3.8, 4) is 5.75 Å². The van der Waals surface area contributed by atoms with Crippen LogP contribution >= 0.6 is 0 Å². The molecule has 0 saturated carbocycles. The number of hydrogen-bond donors (Lipinski definition) is 1. The summed E-state index contributed by atoms with van der Waals surface area (Å²) in [5.41, 5.74) is -0.608. The van der Waals surface area contributed by atoms with Crippen molar-refractivity contribution in [3.05, 3.63) is 29.8 Å². The molecule has 4 amide bonds. The van der Waals surface area contributed by atoms with Crippen molar-refractivity contribution >= 4 is 17.8 Å². The highest BCUT2D eigenvalue weighted by Crippen LogP contribution is 2.31. The first-order valence-electron chi connectivity index (χ1n) is 10.3. The topological polar surface area (TPSA) is 97.4 Å². The minimum absolute atomic E-state index is 0.192. The molecule has 9 nitrogen and oxygen atoms in total. The highest BCUT2D eigenvalue weighted by atomic mass is 16.7. The Balaban J connectivity index is 1.48. The molecule has 3 aliphatic heterocycles. The molecule has 2 unspecified atom stereocenters. The number of amides is 4. The van der Waals surface area contributed by atoms with Gasteiger partial charge in [0.25, 0.3) is 5.91 Å². The van der Waals surface area contributed by atoms with E-state index >= 15 is 0 Å². The fourth-order valence-electron chi connectivity index (χ4n) is 4.34. The molecule has 3 heterocycles. The Morgan fingerprint density at radius 2 is 1.90 bits per heavy atom. The van der Waals surface area contributed by atoms with Crippen molar-refractivity contribution in [2.75, 3.05) is 33.4 Å². The lowest BCUT2D eigenvalue weighted by Gasteiger charge is -2.38. The number of nitrogens with zero attached hydrogens (tertiary/aromatic N) is 2. The van der Waals surface area contributed by atoms with E-state index in [1.54, 1.807) is 43.2 Å². The quantitative estimate of drug-likeness (QED) is 0.724. The third-order valence-corrected chi connectivity index (χ3v) is 6.07. The molecule has 1 aromatic rings. The summed E-state index contributed by atoms with van der Waals surface area (Å²) in [4.78, 5) is 41.5. The van der Waals surface area contributed by atoms with E-state index in [2.05, 4.69) is 5.32 Å². The number of piperidine rings is 1. The molecule has 0 aliphatic carbocycles. The molecule has 0 aromatic heterocycles. The van der Waals surface area contributed by atoms with Crippen molar-refractivity contribution < 1.29 is 28.6 Å². The molecule has 0 bridgehead atoms. The zero-order valence-electron chi connectivity index (χ0n) is 17.3. The number of urea groups is 1. The Morgan fingerprint density at radius 1 is 1.20 bits per heavy atom. The molecule has 30 heavy (non-hydrogen) atoms. The maximum Gasteiger partial charge on any atom is 0.325 e. The number of likely N-dealkylation sites (tertiary alicyclic amines) is 1. The second kappa shape index (κ2) is 8.23. The van der Waals surface area contributed by atoms with Gasteiger partial charge in [-0.25, -0.2) is 4.79 Å². The summed E-state index contributed by atoms with van der Waals surface area (Å²) in [6, 6.07) is 6.16. The number of methoxy groups -OCH3 is 1. The number of carbonyl (C=O) groups is 3. The van der Waals surface area contributed by atoms with Gasteiger partial charge in [0.2, 0.25) is 5.91 Å². The Hall–Kier alpha value is -2.65. The van der Waals surface area contributed by atoms with Gasteiger partial charge in [-0.3, -0.25) is 14.5 Å². The highest BCUT2D eigenvalue weighted by Gasteiger charge is 2.50. The van der Waals surface area contributed by atoms with Crippen LogP contribution in [0, 0.1) is 0 Å². The van der Waals surface area contributed by atoms with Gasteiger partial charge in [0, 0.05) is 6.54 Å². The molecule has 3 fully saturated rings. The molecule has 1 aromatic carbocycles. The van der Waals surface area contributed by atoms with E-state index in [4.69, 9.17) is 14.2 Å². The summed E-state index contributed by atoms with van der Waals surface area (Å²) in [5, 5.41) is 2.74. The Kier molecular flexibility index (Phi) is 5.66. The number of imide groups is 1. The third-order valence-electron chi connectivity index (χ3n) is 6.07. The lowest BCUT2D eigenvalue weighted by atomic mass is 9.92. The first-order valence-corrected chi connectivity index (χ1v) is 10.3. The number of benzene rings is 1. The SMILES string of the molecule is COc1ccc(C2(C)NC(=O)N(CC(=O)N3CCCCC3C3OCCO3)C2=O)cc1. The van der Waals surface area contributed by atoms with Crippen LogP contribution in [-0.2, 0) is 24.6 Å². The first kappa shape index (κ1) is 20.6. The summed E-state index contributed by atoms with van der Waals surface area (Å²) >= 11 is 0. The number of hydrogen-bond acceptors (Lipinski definition) is 6. The smallest absolute Gasteiger partial charge is 0.325 e. The van der Waals surface area contributed by atoms with Crippen LogP contribution in [0.3, 0.4) is 0 Å². The molecule has 9 heteroatoms. The lowest BCUT2D eigenvalue weighted by molar-refractivity contribution is -0.152. The largest absolute Gasteiger partial charge is 0.497 e. The third kappa shape index (κ3) is 3.63. The van der Waals surface area contributed by atoms with Crippen LogP contribution < -0.4 is 10.1 Å². The molecule has 1 N–H and O–H groups in total. The lowest BCUT2D eigenvalue weighted by Crippen LogP contribution is -2.53. The van der Waals surface area contributed by atoms with E-state index in [9.17, 15) is 14.4 Å². The van der Waals surface area contributed by atoms with Crippen molar-refractivity contribution in [2.24, 2.45) is 0 Å². The molecule has 162 valence electrons. The summed E-state index contributed by atoms with van der Waals surface area (Å²) in [6.07, 6.45) is 2.19. The minimum atomic E-state index is -1.23. The number of ether oxygens (including phenoxy) is 3. The van der Waals surface area contributed by atoms with Gasteiger partial charge >= 0.3 is 6.03 Å². The summed E-state index contributed by atoms with van der Waals surface area (Å²) in [6.45, 7) is 2.92. The molecular weight excluding hydrogens is 390 g/mol. The number of nitrogens with one attached hydrogen (secondary N) is 1. The van der Waals surface area contributed by atoms with Gasteiger partial charge in [-0.2, -0.15) is 0 Å². The van der Waals surface area contributed by atoms with Crippen molar-refractivity contribution in [3.63, 3.8) is 0 Å². The molecular formula is C21H27N3O6. The van der Waals surface area contributed by atoms with Gasteiger partial charge in [0.05, 0.1) is 26.4 Å². The molecule has 0 radical (unpaired) electrons. The van der Waals surface area contributed by atoms with Gasteiger partial charge < -0.3 is 24.4 Å². The zero-order valence-corrected chi connectivity index (χ0v) is 17.3. The summed E-state index contributed by atoms with van der Waals surface area (Å²) < 4.78 is 16.4. The van der Waals surface area contributed by atoms with Crippen molar-refractivity contribution in [1.82, 2.24) is 15.1 Å². The average Bonchev–Trinajstić information content (AvgIpc) is 3.37. The summed E-state index contributed by atoms with van der Waals surface area (Å²) in [5.74, 6) is -0.0760. The molecule has 2 atom stereocenters. The van der Waals surface area contributed by atoms with Crippen molar-refractivity contribution in [2.45, 2.75) is 44.1 Å². The monoisotopic (exact) mass is 417 g/mol.